The van der Waals surface area contributed by atoms with Crippen molar-refractivity contribution in [2.24, 2.45) is 5.92 Å². The Morgan fingerprint density at radius 1 is 1.35 bits per heavy atom. The molecule has 23 heavy (non-hydrogen) atoms. The molecule has 3 rings (SSSR count). The number of hydrogen-bond donors (Lipinski definition) is 1. The normalized spacial score (nSPS) is 28.4. The summed E-state index contributed by atoms with van der Waals surface area (Å²) in [5.74, 6) is -1.47. The van der Waals surface area contributed by atoms with Crippen molar-refractivity contribution in [3.8, 4) is 0 Å². The summed E-state index contributed by atoms with van der Waals surface area (Å²) in [5.41, 5.74) is -3.40. The predicted molar refractivity (Wildman–Crippen MR) is 75.2 cm³/mol. The minimum Gasteiger partial charge on any atom is -0.344 e. The van der Waals surface area contributed by atoms with Crippen LogP contribution in [0.5, 0.6) is 0 Å². The number of nitrogens with one attached hydrogen (secondary N) is 1. The largest absolute Gasteiger partial charge is 0.425 e. The van der Waals surface area contributed by atoms with Gasteiger partial charge in [-0.15, -0.1) is 0 Å². The van der Waals surface area contributed by atoms with Crippen molar-refractivity contribution in [1.29, 1.82) is 0 Å². The maximum Gasteiger partial charge on any atom is 0.425 e. The van der Waals surface area contributed by atoms with Crippen molar-refractivity contribution in [3.05, 3.63) is 41.7 Å². The van der Waals surface area contributed by atoms with Crippen LogP contribution in [0.1, 0.15) is 25.3 Å². The van der Waals surface area contributed by atoms with Crippen LogP contribution in [0.3, 0.4) is 0 Å². The van der Waals surface area contributed by atoms with Gasteiger partial charge in [-0.25, -0.2) is 4.39 Å². The Kier molecular flexibility index (Phi) is 3.71. The second-order valence-corrected chi connectivity index (χ2v) is 5.87. The third kappa shape index (κ3) is 2.85. The van der Waals surface area contributed by atoms with Gasteiger partial charge in [0.05, 0.1) is 0 Å². The van der Waals surface area contributed by atoms with E-state index in [0.29, 0.717) is 0 Å². The fraction of sp³-hybridized carbons (Fsp3) is 0.438. The van der Waals surface area contributed by atoms with Crippen LogP contribution in [0.15, 0.2) is 30.4 Å². The van der Waals surface area contributed by atoms with Gasteiger partial charge in [0.2, 0.25) is 5.60 Å². The van der Waals surface area contributed by atoms with E-state index in [2.05, 4.69) is 5.32 Å². The molecule has 1 aliphatic carbocycles. The van der Waals surface area contributed by atoms with E-state index in [1.54, 1.807) is 0 Å². The monoisotopic (exact) mass is 329 g/mol. The quantitative estimate of drug-likeness (QED) is 0.660. The van der Waals surface area contributed by atoms with Gasteiger partial charge >= 0.3 is 6.18 Å². The topological polar surface area (TPSA) is 38.3 Å². The Morgan fingerprint density at radius 2 is 2.04 bits per heavy atom. The molecule has 2 aliphatic rings. The van der Waals surface area contributed by atoms with E-state index >= 15 is 0 Å². The van der Waals surface area contributed by atoms with Crippen molar-refractivity contribution in [2.45, 2.75) is 37.6 Å². The minimum atomic E-state index is -4.85. The number of carbonyl (C=O) groups is 1. The minimum absolute atomic E-state index is 0.0667. The highest BCUT2D eigenvalue weighted by molar-refractivity contribution is 5.95. The summed E-state index contributed by atoms with van der Waals surface area (Å²) in [6.45, 7) is 1.24. The van der Waals surface area contributed by atoms with E-state index in [1.807, 2.05) is 0 Å². The first-order valence-corrected chi connectivity index (χ1v) is 7.28. The van der Waals surface area contributed by atoms with Crippen LogP contribution in [0.25, 0.3) is 0 Å². The van der Waals surface area contributed by atoms with Crippen LogP contribution in [0, 0.1) is 11.7 Å². The highest BCUT2D eigenvalue weighted by Gasteiger charge is 2.59. The van der Waals surface area contributed by atoms with E-state index in [4.69, 9.17) is 4.74 Å². The summed E-state index contributed by atoms with van der Waals surface area (Å²) in [7, 11) is 0. The van der Waals surface area contributed by atoms with Crippen LogP contribution in [-0.2, 0) is 15.1 Å². The zero-order chi connectivity index (χ0) is 16.8. The molecule has 0 bridgehead atoms. The summed E-state index contributed by atoms with van der Waals surface area (Å²) < 4.78 is 60.5. The van der Waals surface area contributed by atoms with Crippen LogP contribution < -0.4 is 5.32 Å². The molecule has 1 aliphatic heterocycles. The van der Waals surface area contributed by atoms with E-state index < -0.39 is 35.2 Å². The first-order valence-electron chi connectivity index (χ1n) is 7.28. The smallest absolute Gasteiger partial charge is 0.344 e. The molecule has 124 valence electrons. The number of rotatable bonds is 2. The maximum absolute atomic E-state index is 13.9. The first kappa shape index (κ1) is 16.0. The van der Waals surface area contributed by atoms with E-state index in [-0.39, 0.29) is 11.6 Å². The molecule has 2 unspecified atom stereocenters. The lowest BCUT2D eigenvalue weighted by Crippen LogP contribution is -2.45. The van der Waals surface area contributed by atoms with Crippen LogP contribution in [0.2, 0.25) is 0 Å². The average molecular weight is 329 g/mol. The van der Waals surface area contributed by atoms with Gasteiger partial charge in [0.15, 0.2) is 0 Å². The molecule has 3 nitrogen and oxygen atoms in total. The van der Waals surface area contributed by atoms with Gasteiger partial charge in [0.1, 0.15) is 11.9 Å². The summed E-state index contributed by atoms with van der Waals surface area (Å²) in [5, 5.41) is 2.36. The molecule has 0 spiro atoms. The van der Waals surface area contributed by atoms with Crippen molar-refractivity contribution in [3.63, 3.8) is 0 Å². The number of ether oxygens (including phenoxy) is 1. The Bertz CT molecular complexity index is 667. The summed E-state index contributed by atoms with van der Waals surface area (Å²) in [6, 6.07) is 2.88. The van der Waals surface area contributed by atoms with Gasteiger partial charge in [-0.2, -0.15) is 13.2 Å². The van der Waals surface area contributed by atoms with Crippen molar-refractivity contribution >= 4 is 11.6 Å². The average Bonchev–Trinajstić information content (AvgIpc) is 3.27. The number of hydrogen-bond acceptors (Lipinski definition) is 2. The molecule has 2 atom stereocenters. The summed E-state index contributed by atoms with van der Waals surface area (Å²) >= 11 is 0. The lowest BCUT2D eigenvalue weighted by molar-refractivity contribution is -0.271. The van der Waals surface area contributed by atoms with Gasteiger partial charge in [0, 0.05) is 11.3 Å². The lowest BCUT2D eigenvalue weighted by Gasteiger charge is -2.34. The van der Waals surface area contributed by atoms with Crippen LogP contribution in [0.4, 0.5) is 23.2 Å². The summed E-state index contributed by atoms with van der Waals surface area (Å²) in [6.07, 6.45) is -2.21. The van der Waals surface area contributed by atoms with Gasteiger partial charge in [-0.1, -0.05) is 6.08 Å². The molecule has 1 fully saturated rings. The van der Waals surface area contributed by atoms with Crippen LogP contribution >= 0.6 is 0 Å². The molecule has 0 aromatic heterocycles. The van der Waals surface area contributed by atoms with Gasteiger partial charge in [-0.3, -0.25) is 4.79 Å². The molecule has 7 heteroatoms. The van der Waals surface area contributed by atoms with E-state index in [9.17, 15) is 22.4 Å². The van der Waals surface area contributed by atoms with Crippen LogP contribution in [-0.4, -0.2) is 18.2 Å². The SMILES string of the molecule is CC1OC(/C=C/C2CC2)(C(F)(F)F)c2cc(F)ccc2NC1=O. The molecule has 1 aromatic rings. The Hall–Kier alpha value is -1.89. The second-order valence-electron chi connectivity index (χ2n) is 5.87. The molecule has 1 aromatic carbocycles. The summed E-state index contributed by atoms with van der Waals surface area (Å²) in [4.78, 5) is 11.9. The Morgan fingerprint density at radius 3 is 2.65 bits per heavy atom. The zero-order valence-electron chi connectivity index (χ0n) is 12.3. The van der Waals surface area contributed by atoms with Crippen molar-refractivity contribution < 1.29 is 27.1 Å². The number of fused-ring (bicyclic) bond motifs is 1. The standard InChI is InChI=1S/C16H15F4NO2/c1-9-14(22)21-13-5-4-11(17)8-12(13)15(23-9,16(18,19)20)7-6-10-2-3-10/h4-10H,2-3H2,1H3,(H,21,22)/b7-6+. The number of halogens is 4. The number of amides is 1. The third-order valence-corrected chi connectivity index (χ3v) is 4.02. The van der Waals surface area contributed by atoms with Crippen molar-refractivity contribution in [2.75, 3.05) is 5.32 Å². The number of anilines is 1. The van der Waals surface area contributed by atoms with Crippen molar-refractivity contribution in [1.82, 2.24) is 0 Å². The lowest BCUT2D eigenvalue weighted by atomic mass is 9.90. The maximum atomic E-state index is 13.9. The highest BCUT2D eigenvalue weighted by Crippen LogP contribution is 2.49. The van der Waals surface area contributed by atoms with E-state index in [0.717, 1.165) is 37.1 Å². The number of alkyl halides is 3. The molecular formula is C16H15F4NO2. The highest BCUT2D eigenvalue weighted by atomic mass is 19.4. The predicted octanol–water partition coefficient (Wildman–Crippen LogP) is 3.91. The van der Waals surface area contributed by atoms with Gasteiger partial charge < -0.3 is 10.1 Å². The number of allylic oxidation sites excluding steroid dienone is 1. The number of benzene rings is 1. The van der Waals surface area contributed by atoms with Gasteiger partial charge in [-0.05, 0) is 50.0 Å². The molecule has 1 heterocycles. The van der Waals surface area contributed by atoms with E-state index in [1.165, 1.54) is 13.0 Å². The molecule has 0 radical (unpaired) electrons. The fourth-order valence-electron chi connectivity index (χ4n) is 2.57. The molecule has 1 N–H and O–H groups in total. The Labute approximate surface area is 130 Å². The first-order chi connectivity index (χ1) is 10.7. The number of carbonyl (C=O) groups excluding carboxylic acids is 1. The Balaban J connectivity index is 2.22. The zero-order valence-corrected chi connectivity index (χ0v) is 12.3. The molecule has 1 amide bonds. The molecule has 1 saturated carbocycles. The molecule has 0 saturated heterocycles. The third-order valence-electron chi connectivity index (χ3n) is 4.02. The second kappa shape index (κ2) is 5.33. The fourth-order valence-corrected chi connectivity index (χ4v) is 2.57. The van der Waals surface area contributed by atoms with Gasteiger partial charge in [0.25, 0.3) is 5.91 Å². The molecular weight excluding hydrogens is 314 g/mol.